The van der Waals surface area contributed by atoms with Gasteiger partial charge in [0.1, 0.15) is 18.2 Å². The highest BCUT2D eigenvalue weighted by Gasteiger charge is 2.08. The zero-order valence-electron chi connectivity index (χ0n) is 5.44. The lowest BCUT2D eigenvalue weighted by Crippen LogP contribution is -1.87. The summed E-state index contributed by atoms with van der Waals surface area (Å²) in [5, 5.41) is 8.96. The van der Waals surface area contributed by atoms with Gasteiger partial charge in [-0.25, -0.2) is 8.78 Å². The Balaban J connectivity index is 3.25. The molecule has 0 aliphatic carbocycles. The van der Waals surface area contributed by atoms with Crippen molar-refractivity contribution in [3.05, 3.63) is 28.0 Å². The maximum Gasteiger partial charge on any atom is 0.133 e. The second kappa shape index (κ2) is 3.17. The molecule has 0 unspecified atom stereocenters. The predicted octanol–water partition coefficient (Wildman–Crippen LogP) is 2.76. The molecule has 0 saturated heterocycles. The molecule has 0 atom stereocenters. The van der Waals surface area contributed by atoms with E-state index in [1.54, 1.807) is 0 Å². The molecule has 0 amide bonds. The highest BCUT2D eigenvalue weighted by molar-refractivity contribution is 9.10. The lowest BCUT2D eigenvalue weighted by Gasteiger charge is -2.01. The van der Waals surface area contributed by atoms with Crippen LogP contribution in [0, 0.1) is 5.82 Å². The Morgan fingerprint density at radius 2 is 2.09 bits per heavy atom. The summed E-state index contributed by atoms with van der Waals surface area (Å²) in [7, 11) is 0. The van der Waals surface area contributed by atoms with Crippen molar-refractivity contribution in [1.82, 2.24) is 0 Å². The molecule has 0 spiro atoms. The smallest absolute Gasteiger partial charge is 0.133 e. The van der Waals surface area contributed by atoms with E-state index >= 15 is 0 Å². The van der Waals surface area contributed by atoms with E-state index < -0.39 is 12.5 Å². The fraction of sp³-hybridized carbons (Fsp3) is 0.143. The molecule has 0 aromatic heterocycles. The van der Waals surface area contributed by atoms with E-state index in [1.807, 2.05) is 0 Å². The van der Waals surface area contributed by atoms with Crippen LogP contribution < -0.4 is 0 Å². The van der Waals surface area contributed by atoms with Crippen molar-refractivity contribution in [2.45, 2.75) is 6.67 Å². The van der Waals surface area contributed by atoms with Crippen LogP contribution in [-0.4, -0.2) is 5.11 Å². The van der Waals surface area contributed by atoms with Crippen molar-refractivity contribution in [3.63, 3.8) is 0 Å². The molecule has 0 aliphatic heterocycles. The van der Waals surface area contributed by atoms with Crippen molar-refractivity contribution in [1.29, 1.82) is 0 Å². The first kappa shape index (κ1) is 8.46. The Hall–Kier alpha value is -0.640. The van der Waals surface area contributed by atoms with Gasteiger partial charge in [-0.05, 0) is 12.1 Å². The fourth-order valence-electron chi connectivity index (χ4n) is 0.722. The number of hydrogen-bond donors (Lipinski definition) is 1. The van der Waals surface area contributed by atoms with Crippen LogP contribution in [0.2, 0.25) is 0 Å². The van der Waals surface area contributed by atoms with Crippen molar-refractivity contribution in [3.8, 4) is 5.75 Å². The lowest BCUT2D eigenvalue weighted by atomic mass is 10.2. The van der Waals surface area contributed by atoms with Crippen molar-refractivity contribution in [2.24, 2.45) is 0 Å². The third-order valence-electron chi connectivity index (χ3n) is 1.27. The first-order valence-corrected chi connectivity index (χ1v) is 3.67. The zero-order valence-corrected chi connectivity index (χ0v) is 7.03. The number of benzene rings is 1. The van der Waals surface area contributed by atoms with Gasteiger partial charge in [0.05, 0.1) is 5.56 Å². The summed E-state index contributed by atoms with van der Waals surface area (Å²) in [6.45, 7) is -0.995. The van der Waals surface area contributed by atoms with E-state index in [0.29, 0.717) is 4.47 Å². The SMILES string of the molecule is Oc1cc(Br)cc(F)c1CF. The Kier molecular flexibility index (Phi) is 2.44. The molecule has 4 heteroatoms. The summed E-state index contributed by atoms with van der Waals surface area (Å²) < 4.78 is 25.0. The number of rotatable bonds is 1. The molecular weight excluding hydrogens is 218 g/mol. The normalized spacial score (nSPS) is 10.1. The minimum atomic E-state index is -0.995. The molecule has 1 rings (SSSR count). The summed E-state index contributed by atoms with van der Waals surface area (Å²) in [6.07, 6.45) is 0. The molecule has 1 N–H and O–H groups in total. The van der Waals surface area contributed by atoms with E-state index in [-0.39, 0.29) is 11.3 Å². The molecule has 0 aliphatic rings. The summed E-state index contributed by atoms with van der Waals surface area (Å²) >= 11 is 2.95. The molecule has 1 nitrogen and oxygen atoms in total. The monoisotopic (exact) mass is 222 g/mol. The molecule has 1 aromatic carbocycles. The van der Waals surface area contributed by atoms with Crippen LogP contribution in [0.4, 0.5) is 8.78 Å². The van der Waals surface area contributed by atoms with Gasteiger partial charge in [0.25, 0.3) is 0 Å². The van der Waals surface area contributed by atoms with Crippen LogP contribution in [0.1, 0.15) is 5.56 Å². The van der Waals surface area contributed by atoms with Crippen LogP contribution in [0.5, 0.6) is 5.75 Å². The zero-order chi connectivity index (χ0) is 8.43. The van der Waals surface area contributed by atoms with Crippen molar-refractivity contribution < 1.29 is 13.9 Å². The van der Waals surface area contributed by atoms with Crippen LogP contribution >= 0.6 is 15.9 Å². The quantitative estimate of drug-likeness (QED) is 0.775. The first-order chi connectivity index (χ1) is 5.15. The van der Waals surface area contributed by atoms with E-state index in [2.05, 4.69) is 15.9 Å². The topological polar surface area (TPSA) is 20.2 Å². The summed E-state index contributed by atoms with van der Waals surface area (Å²) in [5.41, 5.74) is -0.298. The first-order valence-electron chi connectivity index (χ1n) is 2.88. The number of aromatic hydroxyl groups is 1. The number of phenols is 1. The van der Waals surface area contributed by atoms with Crippen LogP contribution in [0.25, 0.3) is 0 Å². The molecule has 0 radical (unpaired) electrons. The fourth-order valence-corrected chi connectivity index (χ4v) is 1.14. The van der Waals surface area contributed by atoms with Crippen LogP contribution in [0.15, 0.2) is 16.6 Å². The van der Waals surface area contributed by atoms with Gasteiger partial charge in [-0.15, -0.1) is 0 Å². The number of alkyl halides is 1. The Bertz CT molecular complexity index is 252. The van der Waals surface area contributed by atoms with Gasteiger partial charge < -0.3 is 5.11 Å². The van der Waals surface area contributed by atoms with Gasteiger partial charge in [-0.3, -0.25) is 0 Å². The Morgan fingerprint density at radius 1 is 1.45 bits per heavy atom. The minimum absolute atomic E-state index is 0.298. The summed E-state index contributed by atoms with van der Waals surface area (Å²) in [4.78, 5) is 0. The molecule has 0 heterocycles. The van der Waals surface area contributed by atoms with E-state index in [9.17, 15) is 8.78 Å². The molecule has 0 fully saturated rings. The molecule has 60 valence electrons. The Morgan fingerprint density at radius 3 is 2.55 bits per heavy atom. The highest BCUT2D eigenvalue weighted by Crippen LogP contribution is 2.26. The third-order valence-corrected chi connectivity index (χ3v) is 1.73. The largest absolute Gasteiger partial charge is 0.507 e. The van der Waals surface area contributed by atoms with Gasteiger partial charge in [0.15, 0.2) is 0 Å². The molecule has 11 heavy (non-hydrogen) atoms. The third kappa shape index (κ3) is 1.68. The minimum Gasteiger partial charge on any atom is -0.507 e. The maximum absolute atomic E-state index is 12.7. The predicted molar refractivity (Wildman–Crippen MR) is 40.6 cm³/mol. The second-order valence-electron chi connectivity index (χ2n) is 2.02. The van der Waals surface area contributed by atoms with Gasteiger partial charge in [-0.2, -0.15) is 0 Å². The van der Waals surface area contributed by atoms with E-state index in [4.69, 9.17) is 5.11 Å². The molecule has 1 aromatic rings. The molecule has 0 saturated carbocycles. The van der Waals surface area contributed by atoms with Crippen molar-refractivity contribution in [2.75, 3.05) is 0 Å². The van der Waals surface area contributed by atoms with Gasteiger partial charge in [-0.1, -0.05) is 15.9 Å². The second-order valence-corrected chi connectivity index (χ2v) is 2.93. The van der Waals surface area contributed by atoms with Crippen LogP contribution in [-0.2, 0) is 6.67 Å². The van der Waals surface area contributed by atoms with Crippen LogP contribution in [0.3, 0.4) is 0 Å². The average Bonchev–Trinajstić information content (AvgIpc) is 1.85. The summed E-state index contributed by atoms with van der Waals surface area (Å²) in [6, 6.07) is 2.35. The van der Waals surface area contributed by atoms with Gasteiger partial charge in [0.2, 0.25) is 0 Å². The summed E-state index contributed by atoms with van der Waals surface area (Å²) in [5.74, 6) is -1.10. The van der Waals surface area contributed by atoms with Gasteiger partial charge in [0, 0.05) is 4.47 Å². The highest BCUT2D eigenvalue weighted by atomic mass is 79.9. The molecule has 0 bridgehead atoms. The maximum atomic E-state index is 12.7. The van der Waals surface area contributed by atoms with Gasteiger partial charge >= 0.3 is 0 Å². The number of halogens is 3. The standard InChI is InChI=1S/C7H5BrF2O/c8-4-1-6(10)5(3-9)7(11)2-4/h1-2,11H,3H2. The Labute approximate surface area is 70.8 Å². The van der Waals surface area contributed by atoms with Crippen molar-refractivity contribution >= 4 is 15.9 Å². The van der Waals surface area contributed by atoms with E-state index in [1.165, 1.54) is 6.07 Å². The number of hydrogen-bond acceptors (Lipinski definition) is 1. The average molecular weight is 223 g/mol. The van der Waals surface area contributed by atoms with E-state index in [0.717, 1.165) is 6.07 Å². The lowest BCUT2D eigenvalue weighted by molar-refractivity contribution is 0.415. The number of phenolic OH excluding ortho intramolecular Hbond substituents is 1. The molecular formula is C7H5BrF2O.